The molecule has 1 aromatic rings. The fourth-order valence-electron chi connectivity index (χ4n) is 1.74. The van der Waals surface area contributed by atoms with E-state index in [1.54, 1.807) is 13.8 Å². The van der Waals surface area contributed by atoms with Gasteiger partial charge in [0.2, 0.25) is 0 Å². The van der Waals surface area contributed by atoms with Gasteiger partial charge >= 0.3 is 51.4 Å². The van der Waals surface area contributed by atoms with E-state index in [1.165, 1.54) is 12.4 Å². The van der Waals surface area contributed by atoms with Crippen LogP contribution >= 0.6 is 0 Å². The van der Waals surface area contributed by atoms with Crippen molar-refractivity contribution in [3.05, 3.63) is 23.0 Å². The first-order valence-corrected chi connectivity index (χ1v) is 6.44. The zero-order chi connectivity index (χ0) is 15.3. The van der Waals surface area contributed by atoms with Gasteiger partial charge in [-0.3, -0.25) is 9.98 Å². The number of rotatable bonds is 6. The number of aliphatic hydroxyl groups is 1. The number of hydrogen-bond acceptors (Lipinski definition) is 6. The van der Waals surface area contributed by atoms with Gasteiger partial charge in [0.1, 0.15) is 5.75 Å². The normalized spacial score (nSPS) is 13.7. The van der Waals surface area contributed by atoms with Crippen LogP contribution in [-0.4, -0.2) is 33.4 Å². The fraction of sp³-hybridized carbons (Fsp3) is 0.500. The Balaban J connectivity index is 0.00000400. The third-order valence-corrected chi connectivity index (χ3v) is 3.32. The molecule has 7 heteroatoms. The minimum Gasteiger partial charge on any atom is -0.548 e. The zero-order valence-corrected chi connectivity index (χ0v) is 16.0. The minimum absolute atomic E-state index is 0. The van der Waals surface area contributed by atoms with Crippen LogP contribution in [0, 0.1) is 12.8 Å². The summed E-state index contributed by atoms with van der Waals surface area (Å²) < 4.78 is 0. The molecule has 2 atom stereocenters. The number of pyridine rings is 1. The molecule has 6 nitrogen and oxygen atoms in total. The van der Waals surface area contributed by atoms with Crippen LogP contribution in [0.1, 0.15) is 37.1 Å². The molecule has 0 aliphatic heterocycles. The van der Waals surface area contributed by atoms with Gasteiger partial charge in [-0.1, -0.05) is 20.3 Å². The van der Waals surface area contributed by atoms with Crippen LogP contribution in [0.25, 0.3) is 0 Å². The molecule has 0 aromatic carbocycles. The van der Waals surface area contributed by atoms with Crippen LogP contribution in [0.3, 0.4) is 0 Å². The molecule has 0 saturated heterocycles. The average molecular weight is 318 g/mol. The van der Waals surface area contributed by atoms with Gasteiger partial charge in [-0.05, 0) is 12.8 Å². The van der Waals surface area contributed by atoms with E-state index in [4.69, 9.17) is 0 Å². The number of carboxylic acid groups (broad SMARTS) is 1. The second-order valence-corrected chi connectivity index (χ2v) is 4.72. The molecule has 1 rings (SSSR count). The predicted molar refractivity (Wildman–Crippen MR) is 72.4 cm³/mol. The molecule has 1 aromatic heterocycles. The summed E-state index contributed by atoms with van der Waals surface area (Å²) in [5.74, 6) is -1.55. The van der Waals surface area contributed by atoms with Crippen molar-refractivity contribution in [2.75, 3.05) is 0 Å². The number of aliphatic imine (C=N–C) groups is 1. The molecule has 0 aliphatic carbocycles. The fourth-order valence-corrected chi connectivity index (χ4v) is 1.74. The van der Waals surface area contributed by atoms with Crippen molar-refractivity contribution < 1.29 is 71.5 Å². The summed E-state index contributed by atoms with van der Waals surface area (Å²) in [7, 11) is 0. The Bertz CT molecular complexity index is 520. The number of aryl methyl sites for hydroxylation is 1. The van der Waals surface area contributed by atoms with E-state index in [0.29, 0.717) is 17.7 Å². The number of carbonyl (C=O) groups excluding carboxylic acids is 1. The first kappa shape index (κ1) is 20.7. The summed E-state index contributed by atoms with van der Waals surface area (Å²) in [5, 5.41) is 30.2. The van der Waals surface area contributed by atoms with Crippen molar-refractivity contribution in [1.29, 1.82) is 0 Å². The summed E-state index contributed by atoms with van der Waals surface area (Å²) >= 11 is 0. The Morgan fingerprint density at radius 1 is 1.57 bits per heavy atom. The molecule has 0 bridgehead atoms. The van der Waals surface area contributed by atoms with Gasteiger partial charge in [-0.15, -0.1) is 0 Å². The Labute approximate surface area is 166 Å². The van der Waals surface area contributed by atoms with Crippen LogP contribution in [0.5, 0.6) is 5.75 Å². The van der Waals surface area contributed by atoms with E-state index < -0.39 is 12.0 Å². The number of aliphatic carboxylic acids is 1. The van der Waals surface area contributed by atoms with Gasteiger partial charge in [0.25, 0.3) is 0 Å². The van der Waals surface area contributed by atoms with Crippen LogP contribution in [-0.2, 0) is 11.4 Å². The van der Waals surface area contributed by atoms with Gasteiger partial charge in [0.15, 0.2) is 0 Å². The molecule has 110 valence electrons. The summed E-state index contributed by atoms with van der Waals surface area (Å²) in [6, 6.07) is -0.987. The number of nitrogens with zero attached hydrogens (tertiary/aromatic N) is 2. The van der Waals surface area contributed by atoms with E-state index in [0.717, 1.165) is 0 Å². The standard InChI is InChI=1S/C14H20N2O4.K/c1-4-8(2)12(14(19)20)16-6-11-10(7-17)5-15-9(3)13(11)18;/h5-6,8,12,17-18H,4,7H2,1-3H3,(H,19,20);/q;+1/p-1/t8-,12-;/m0./s1. The molecule has 2 N–H and O–H groups in total. The van der Waals surface area contributed by atoms with E-state index in [9.17, 15) is 20.1 Å². The van der Waals surface area contributed by atoms with Crippen LogP contribution in [0.15, 0.2) is 11.2 Å². The van der Waals surface area contributed by atoms with E-state index >= 15 is 0 Å². The second-order valence-electron chi connectivity index (χ2n) is 4.72. The van der Waals surface area contributed by atoms with Crippen molar-refractivity contribution in [2.24, 2.45) is 10.9 Å². The van der Waals surface area contributed by atoms with Crippen LogP contribution in [0.2, 0.25) is 0 Å². The van der Waals surface area contributed by atoms with E-state index in [2.05, 4.69) is 9.98 Å². The van der Waals surface area contributed by atoms with Gasteiger partial charge in [-0.2, -0.15) is 0 Å². The van der Waals surface area contributed by atoms with Crippen molar-refractivity contribution in [3.8, 4) is 5.75 Å². The van der Waals surface area contributed by atoms with Crippen LogP contribution < -0.4 is 56.5 Å². The molecular weight excluding hydrogens is 299 g/mol. The molecule has 21 heavy (non-hydrogen) atoms. The SMILES string of the molecule is CC[C@H](C)[C@H](N=Cc1c(CO)cnc(C)c1O)C(=O)[O-].[K+]. The Morgan fingerprint density at radius 2 is 2.19 bits per heavy atom. The van der Waals surface area contributed by atoms with Crippen molar-refractivity contribution in [1.82, 2.24) is 4.98 Å². The molecule has 0 amide bonds. The summed E-state index contributed by atoms with van der Waals surface area (Å²) in [4.78, 5) is 19.0. The molecule has 1 heterocycles. The summed E-state index contributed by atoms with van der Waals surface area (Å²) in [6.07, 6.45) is 3.33. The maximum atomic E-state index is 11.1. The molecule has 0 aliphatic rings. The van der Waals surface area contributed by atoms with Gasteiger partial charge < -0.3 is 20.1 Å². The quantitative estimate of drug-likeness (QED) is 0.435. The third-order valence-electron chi connectivity index (χ3n) is 3.32. The topological polar surface area (TPSA) is 106 Å². The minimum atomic E-state index is -1.26. The predicted octanol–water partition coefficient (Wildman–Crippen LogP) is -2.82. The van der Waals surface area contributed by atoms with Crippen molar-refractivity contribution >= 4 is 12.2 Å². The Kier molecular flexibility index (Phi) is 9.51. The largest absolute Gasteiger partial charge is 1.00 e. The van der Waals surface area contributed by atoms with Crippen LogP contribution in [0.4, 0.5) is 0 Å². The number of carbonyl (C=O) groups is 1. The third kappa shape index (κ3) is 5.43. The molecule has 0 saturated carbocycles. The van der Waals surface area contributed by atoms with Crippen molar-refractivity contribution in [2.45, 2.75) is 39.8 Å². The Hall–Kier alpha value is -0.314. The number of aromatic nitrogens is 1. The summed E-state index contributed by atoms with van der Waals surface area (Å²) in [6.45, 7) is 4.92. The molecule has 0 fully saturated rings. The maximum absolute atomic E-state index is 11.1. The van der Waals surface area contributed by atoms with Gasteiger partial charge in [0.05, 0.1) is 24.3 Å². The first-order valence-electron chi connectivity index (χ1n) is 6.44. The average Bonchev–Trinajstić information content (AvgIpc) is 2.42. The number of carboxylic acids is 1. The smallest absolute Gasteiger partial charge is 0.548 e. The number of hydrogen-bond donors (Lipinski definition) is 2. The van der Waals surface area contributed by atoms with Gasteiger partial charge in [0, 0.05) is 23.5 Å². The number of aromatic hydroxyl groups is 1. The monoisotopic (exact) mass is 318 g/mol. The Morgan fingerprint density at radius 3 is 2.67 bits per heavy atom. The van der Waals surface area contributed by atoms with Crippen molar-refractivity contribution in [3.63, 3.8) is 0 Å². The van der Waals surface area contributed by atoms with E-state index in [1.807, 2.05) is 6.92 Å². The first-order chi connectivity index (χ1) is 9.42. The molecule has 0 unspecified atom stereocenters. The maximum Gasteiger partial charge on any atom is 1.00 e. The van der Waals surface area contributed by atoms with Gasteiger partial charge in [-0.25, -0.2) is 0 Å². The zero-order valence-electron chi connectivity index (χ0n) is 12.8. The van der Waals surface area contributed by atoms with E-state index in [-0.39, 0.29) is 75.2 Å². The number of aliphatic hydroxyl groups excluding tert-OH is 1. The molecule has 0 radical (unpaired) electrons. The molecule has 0 spiro atoms. The second kappa shape index (κ2) is 9.65. The summed E-state index contributed by atoms with van der Waals surface area (Å²) in [5.41, 5.74) is 1.06. The molecular formula is C14H19KN2O4.